The molecule has 1 atom stereocenters. The second-order valence-electron chi connectivity index (χ2n) is 7.76. The molecule has 0 N–H and O–H groups in total. The van der Waals surface area contributed by atoms with E-state index in [2.05, 4.69) is 13.8 Å². The molecular formula is C20H32N2O4. The number of furan rings is 1. The van der Waals surface area contributed by atoms with Gasteiger partial charge in [0.1, 0.15) is 5.76 Å². The number of carbonyl (C=O) groups is 2. The third-order valence-electron chi connectivity index (χ3n) is 4.44. The summed E-state index contributed by atoms with van der Waals surface area (Å²) in [5.74, 6) is 0.871. The average molecular weight is 364 g/mol. The van der Waals surface area contributed by atoms with E-state index in [1.165, 1.54) is 0 Å². The molecule has 2 rings (SSSR count). The summed E-state index contributed by atoms with van der Waals surface area (Å²) in [5.41, 5.74) is 0. The molecule has 1 aromatic rings. The number of nitrogens with zero attached hydrogens (tertiary/aromatic N) is 2. The monoisotopic (exact) mass is 364 g/mol. The van der Waals surface area contributed by atoms with Gasteiger partial charge in [0.25, 0.3) is 0 Å². The van der Waals surface area contributed by atoms with Gasteiger partial charge in [0.2, 0.25) is 11.8 Å². The van der Waals surface area contributed by atoms with Crippen molar-refractivity contribution in [3.63, 3.8) is 0 Å². The number of hydrogen-bond acceptors (Lipinski definition) is 4. The van der Waals surface area contributed by atoms with E-state index in [0.29, 0.717) is 25.6 Å². The van der Waals surface area contributed by atoms with Gasteiger partial charge in [-0.1, -0.05) is 27.7 Å². The molecule has 0 unspecified atom stereocenters. The smallest absolute Gasteiger partial charge is 0.242 e. The van der Waals surface area contributed by atoms with E-state index in [9.17, 15) is 9.59 Å². The molecule has 1 saturated heterocycles. The van der Waals surface area contributed by atoms with Crippen molar-refractivity contribution in [3.05, 3.63) is 24.2 Å². The third kappa shape index (κ3) is 6.16. The SMILES string of the molecule is CC(C)CN(CC(=O)N(Cc1ccco1)C[C@@H]1CCCO1)C(=O)C(C)C. The van der Waals surface area contributed by atoms with Gasteiger partial charge in [0, 0.05) is 25.6 Å². The Kier molecular flexibility index (Phi) is 7.69. The Hall–Kier alpha value is -1.82. The van der Waals surface area contributed by atoms with E-state index in [-0.39, 0.29) is 30.4 Å². The van der Waals surface area contributed by atoms with Crippen LogP contribution in [0.1, 0.15) is 46.3 Å². The molecule has 1 aromatic heterocycles. The highest BCUT2D eigenvalue weighted by Crippen LogP contribution is 2.16. The molecule has 1 aliphatic heterocycles. The van der Waals surface area contributed by atoms with Crippen molar-refractivity contribution >= 4 is 11.8 Å². The molecule has 26 heavy (non-hydrogen) atoms. The molecule has 6 nitrogen and oxygen atoms in total. The van der Waals surface area contributed by atoms with Crippen LogP contribution in [0.15, 0.2) is 22.8 Å². The fourth-order valence-corrected chi connectivity index (χ4v) is 3.18. The Morgan fingerprint density at radius 3 is 2.54 bits per heavy atom. The highest BCUT2D eigenvalue weighted by Gasteiger charge is 2.27. The lowest BCUT2D eigenvalue weighted by atomic mass is 10.1. The number of amides is 2. The van der Waals surface area contributed by atoms with Crippen LogP contribution in [0.4, 0.5) is 0 Å². The molecule has 0 aliphatic carbocycles. The van der Waals surface area contributed by atoms with E-state index in [4.69, 9.17) is 9.15 Å². The molecule has 0 radical (unpaired) electrons. The van der Waals surface area contributed by atoms with Crippen LogP contribution in [0.2, 0.25) is 0 Å². The maximum atomic E-state index is 13.0. The molecule has 1 fully saturated rings. The molecule has 1 aliphatic rings. The van der Waals surface area contributed by atoms with Gasteiger partial charge < -0.3 is 19.0 Å². The molecular weight excluding hydrogens is 332 g/mol. The van der Waals surface area contributed by atoms with Crippen molar-refractivity contribution < 1.29 is 18.7 Å². The van der Waals surface area contributed by atoms with Gasteiger partial charge in [0.15, 0.2) is 0 Å². The summed E-state index contributed by atoms with van der Waals surface area (Å²) in [5, 5.41) is 0. The van der Waals surface area contributed by atoms with Gasteiger partial charge in [-0.05, 0) is 30.9 Å². The molecule has 0 bridgehead atoms. The zero-order valence-corrected chi connectivity index (χ0v) is 16.4. The Bertz CT molecular complexity index is 562. The predicted molar refractivity (Wildman–Crippen MR) is 99.4 cm³/mol. The summed E-state index contributed by atoms with van der Waals surface area (Å²) in [7, 11) is 0. The van der Waals surface area contributed by atoms with Gasteiger partial charge in [-0.25, -0.2) is 0 Å². The largest absolute Gasteiger partial charge is 0.467 e. The van der Waals surface area contributed by atoms with Crippen molar-refractivity contribution in [1.82, 2.24) is 9.80 Å². The van der Waals surface area contributed by atoms with Crippen molar-refractivity contribution in [2.75, 3.05) is 26.2 Å². The summed E-state index contributed by atoms with van der Waals surface area (Å²) in [6, 6.07) is 3.68. The second-order valence-corrected chi connectivity index (χ2v) is 7.76. The normalized spacial score (nSPS) is 17.1. The fourth-order valence-electron chi connectivity index (χ4n) is 3.18. The summed E-state index contributed by atoms with van der Waals surface area (Å²) < 4.78 is 11.1. The maximum absolute atomic E-state index is 13.0. The zero-order chi connectivity index (χ0) is 19.1. The van der Waals surface area contributed by atoms with E-state index in [1.54, 1.807) is 16.1 Å². The molecule has 2 heterocycles. The molecule has 0 aromatic carbocycles. The molecule has 6 heteroatoms. The van der Waals surface area contributed by atoms with E-state index in [0.717, 1.165) is 25.2 Å². The average Bonchev–Trinajstić information content (AvgIpc) is 3.26. The maximum Gasteiger partial charge on any atom is 0.242 e. The Labute approximate surface area is 156 Å². The van der Waals surface area contributed by atoms with Crippen LogP contribution in [-0.2, 0) is 20.9 Å². The van der Waals surface area contributed by atoms with Crippen LogP contribution in [0.25, 0.3) is 0 Å². The third-order valence-corrected chi connectivity index (χ3v) is 4.44. The summed E-state index contributed by atoms with van der Waals surface area (Å²) >= 11 is 0. The fraction of sp³-hybridized carbons (Fsp3) is 0.700. The van der Waals surface area contributed by atoms with Crippen LogP contribution in [-0.4, -0.2) is 54.0 Å². The van der Waals surface area contributed by atoms with E-state index < -0.39 is 0 Å². The van der Waals surface area contributed by atoms with Gasteiger partial charge in [-0.15, -0.1) is 0 Å². The number of carbonyl (C=O) groups excluding carboxylic acids is 2. The minimum atomic E-state index is -0.127. The van der Waals surface area contributed by atoms with Crippen LogP contribution >= 0.6 is 0 Å². The van der Waals surface area contributed by atoms with Crippen LogP contribution < -0.4 is 0 Å². The highest BCUT2D eigenvalue weighted by atomic mass is 16.5. The first kappa shape index (κ1) is 20.5. The molecule has 0 spiro atoms. The summed E-state index contributed by atoms with van der Waals surface area (Å²) in [6.45, 7) is 10.2. The first-order valence-corrected chi connectivity index (χ1v) is 9.57. The Morgan fingerprint density at radius 1 is 1.23 bits per heavy atom. The number of rotatable bonds is 9. The van der Waals surface area contributed by atoms with Crippen molar-refractivity contribution in [2.24, 2.45) is 11.8 Å². The standard InChI is InChI=1S/C20H32N2O4/c1-15(2)11-22(20(24)16(3)4)14-19(23)21(12-17-7-5-9-25-17)13-18-8-6-10-26-18/h5,7,9,15-16,18H,6,8,10-14H2,1-4H3/t18-/m0/s1. The lowest BCUT2D eigenvalue weighted by Gasteiger charge is -2.30. The van der Waals surface area contributed by atoms with Crippen LogP contribution in [0.5, 0.6) is 0 Å². The van der Waals surface area contributed by atoms with Crippen LogP contribution in [0.3, 0.4) is 0 Å². The minimum absolute atomic E-state index is 0.0158. The first-order chi connectivity index (χ1) is 12.4. The van der Waals surface area contributed by atoms with Gasteiger partial charge in [-0.2, -0.15) is 0 Å². The van der Waals surface area contributed by atoms with Crippen molar-refractivity contribution in [2.45, 2.75) is 53.2 Å². The van der Waals surface area contributed by atoms with Gasteiger partial charge in [-0.3, -0.25) is 9.59 Å². The highest BCUT2D eigenvalue weighted by molar-refractivity contribution is 5.85. The number of hydrogen-bond donors (Lipinski definition) is 0. The molecule has 0 saturated carbocycles. The minimum Gasteiger partial charge on any atom is -0.467 e. The van der Waals surface area contributed by atoms with Gasteiger partial charge >= 0.3 is 0 Å². The molecule has 2 amide bonds. The molecule has 146 valence electrons. The van der Waals surface area contributed by atoms with Crippen LogP contribution in [0, 0.1) is 11.8 Å². The lowest BCUT2D eigenvalue weighted by molar-refractivity contribution is -0.144. The summed E-state index contributed by atoms with van der Waals surface area (Å²) in [6.07, 6.45) is 3.66. The van der Waals surface area contributed by atoms with Crippen molar-refractivity contribution in [3.8, 4) is 0 Å². The summed E-state index contributed by atoms with van der Waals surface area (Å²) in [4.78, 5) is 29.0. The Morgan fingerprint density at radius 2 is 2.00 bits per heavy atom. The first-order valence-electron chi connectivity index (χ1n) is 9.57. The Balaban J connectivity index is 2.07. The lowest BCUT2D eigenvalue weighted by Crippen LogP contribution is -2.47. The quantitative estimate of drug-likeness (QED) is 0.676. The number of ether oxygens (including phenoxy) is 1. The van der Waals surface area contributed by atoms with E-state index in [1.807, 2.05) is 26.0 Å². The van der Waals surface area contributed by atoms with Gasteiger partial charge in [0.05, 0.1) is 25.5 Å². The zero-order valence-electron chi connectivity index (χ0n) is 16.4. The topological polar surface area (TPSA) is 63.0 Å². The predicted octanol–water partition coefficient (Wildman–Crippen LogP) is 2.93. The van der Waals surface area contributed by atoms with E-state index >= 15 is 0 Å². The second kappa shape index (κ2) is 9.76. The van der Waals surface area contributed by atoms with Crippen molar-refractivity contribution in [1.29, 1.82) is 0 Å².